The zero-order chi connectivity index (χ0) is 15.1. The van der Waals surface area contributed by atoms with Crippen LogP contribution in [0.4, 0.5) is 0 Å². The molecule has 1 N–H and O–H groups in total. The summed E-state index contributed by atoms with van der Waals surface area (Å²) in [6.07, 6.45) is 0.656. The van der Waals surface area contributed by atoms with Crippen molar-refractivity contribution in [2.24, 2.45) is 0 Å². The lowest BCUT2D eigenvalue weighted by atomic mass is 9.95. The van der Waals surface area contributed by atoms with E-state index >= 15 is 0 Å². The standard InChI is InChI=1S/C15H21ClO4/c1-4-19-13-8-11(10(3)6-7-15(17)18)12(16)9-14(13)20-5-2/h8-10H,4-7H2,1-3H3,(H,17,18). The van der Waals surface area contributed by atoms with Crippen molar-refractivity contribution in [2.75, 3.05) is 13.2 Å². The highest BCUT2D eigenvalue weighted by atomic mass is 35.5. The van der Waals surface area contributed by atoms with E-state index in [1.165, 1.54) is 0 Å². The molecule has 112 valence electrons. The number of ether oxygens (including phenoxy) is 2. The largest absolute Gasteiger partial charge is 0.490 e. The molecule has 1 aromatic rings. The van der Waals surface area contributed by atoms with Gasteiger partial charge in [0.1, 0.15) is 0 Å². The zero-order valence-corrected chi connectivity index (χ0v) is 12.9. The summed E-state index contributed by atoms with van der Waals surface area (Å²) in [4.78, 5) is 10.7. The number of hydrogen-bond donors (Lipinski definition) is 1. The van der Waals surface area contributed by atoms with Gasteiger partial charge in [-0.2, -0.15) is 0 Å². The molecular formula is C15H21ClO4. The molecule has 5 heteroatoms. The molecule has 0 aliphatic carbocycles. The predicted octanol–water partition coefficient (Wildman–Crippen LogP) is 4.11. The Morgan fingerprint density at radius 3 is 2.30 bits per heavy atom. The van der Waals surface area contributed by atoms with E-state index in [0.717, 1.165) is 5.56 Å². The fourth-order valence-electron chi connectivity index (χ4n) is 1.96. The number of hydrogen-bond acceptors (Lipinski definition) is 3. The quantitative estimate of drug-likeness (QED) is 0.785. The first-order valence-electron chi connectivity index (χ1n) is 6.80. The first-order valence-corrected chi connectivity index (χ1v) is 7.18. The first-order chi connectivity index (χ1) is 9.49. The van der Waals surface area contributed by atoms with Crippen molar-refractivity contribution < 1.29 is 19.4 Å². The summed E-state index contributed by atoms with van der Waals surface area (Å²) in [5.41, 5.74) is 0.889. The number of carboxylic acid groups (broad SMARTS) is 1. The van der Waals surface area contributed by atoms with Crippen molar-refractivity contribution >= 4 is 17.6 Å². The Labute approximate surface area is 124 Å². The molecule has 0 aliphatic rings. The number of benzene rings is 1. The highest BCUT2D eigenvalue weighted by molar-refractivity contribution is 6.31. The van der Waals surface area contributed by atoms with Crippen molar-refractivity contribution in [1.29, 1.82) is 0 Å². The molecule has 0 aliphatic heterocycles. The molecule has 0 aromatic heterocycles. The molecule has 4 nitrogen and oxygen atoms in total. The summed E-state index contributed by atoms with van der Waals surface area (Å²) in [6, 6.07) is 3.59. The molecule has 1 rings (SSSR count). The average molecular weight is 301 g/mol. The molecule has 0 saturated carbocycles. The number of halogens is 1. The second-order valence-corrected chi connectivity index (χ2v) is 4.93. The molecule has 0 saturated heterocycles. The number of aliphatic carboxylic acids is 1. The van der Waals surface area contributed by atoms with Gasteiger partial charge in [0.2, 0.25) is 0 Å². The van der Waals surface area contributed by atoms with E-state index < -0.39 is 5.97 Å². The smallest absolute Gasteiger partial charge is 0.303 e. The molecule has 0 amide bonds. The fraction of sp³-hybridized carbons (Fsp3) is 0.533. The zero-order valence-electron chi connectivity index (χ0n) is 12.1. The van der Waals surface area contributed by atoms with Gasteiger partial charge in [-0.05, 0) is 37.8 Å². The Bertz CT molecular complexity index is 459. The lowest BCUT2D eigenvalue weighted by Gasteiger charge is -2.17. The molecular weight excluding hydrogens is 280 g/mol. The van der Waals surface area contributed by atoms with Crippen LogP contribution in [0.5, 0.6) is 11.5 Å². The lowest BCUT2D eigenvalue weighted by Crippen LogP contribution is -2.03. The van der Waals surface area contributed by atoms with Gasteiger partial charge in [-0.25, -0.2) is 0 Å². The molecule has 0 bridgehead atoms. The lowest BCUT2D eigenvalue weighted by molar-refractivity contribution is -0.137. The summed E-state index contributed by atoms with van der Waals surface area (Å²) >= 11 is 6.26. The SMILES string of the molecule is CCOc1cc(Cl)c(C(C)CCC(=O)O)cc1OCC. The summed E-state index contributed by atoms with van der Waals surface area (Å²) in [5.74, 6) is 0.516. The Kier molecular flexibility index (Phi) is 6.65. The average Bonchev–Trinajstić information content (AvgIpc) is 2.39. The number of rotatable bonds is 8. The van der Waals surface area contributed by atoms with Crippen LogP contribution >= 0.6 is 11.6 Å². The van der Waals surface area contributed by atoms with Crippen LogP contribution in [0.1, 0.15) is 45.1 Å². The van der Waals surface area contributed by atoms with E-state index in [1.54, 1.807) is 6.07 Å². The summed E-state index contributed by atoms with van der Waals surface area (Å²) < 4.78 is 11.1. The molecule has 1 aromatic carbocycles. The topological polar surface area (TPSA) is 55.8 Å². The van der Waals surface area contributed by atoms with Gasteiger partial charge in [0.05, 0.1) is 13.2 Å². The van der Waals surface area contributed by atoms with E-state index in [2.05, 4.69) is 0 Å². The maximum Gasteiger partial charge on any atom is 0.303 e. The highest BCUT2D eigenvalue weighted by Crippen LogP contribution is 2.38. The second-order valence-electron chi connectivity index (χ2n) is 4.52. The minimum atomic E-state index is -0.802. The Morgan fingerprint density at radius 1 is 1.25 bits per heavy atom. The van der Waals surface area contributed by atoms with Gasteiger partial charge in [0.15, 0.2) is 11.5 Å². The third kappa shape index (κ3) is 4.60. The minimum absolute atomic E-state index is 0.0495. The van der Waals surface area contributed by atoms with Gasteiger partial charge >= 0.3 is 5.97 Å². The van der Waals surface area contributed by atoms with Crippen LogP contribution in [0.15, 0.2) is 12.1 Å². The molecule has 1 atom stereocenters. The normalized spacial score (nSPS) is 12.0. The molecule has 0 radical (unpaired) electrons. The van der Waals surface area contributed by atoms with Crippen LogP contribution in [-0.4, -0.2) is 24.3 Å². The number of carbonyl (C=O) groups is 1. The Balaban J connectivity index is 3.00. The maximum atomic E-state index is 10.7. The van der Waals surface area contributed by atoms with E-state index in [9.17, 15) is 4.79 Å². The van der Waals surface area contributed by atoms with Gasteiger partial charge in [0, 0.05) is 17.5 Å². The van der Waals surface area contributed by atoms with Gasteiger partial charge in [-0.15, -0.1) is 0 Å². The summed E-state index contributed by atoms with van der Waals surface area (Å²) in [7, 11) is 0. The van der Waals surface area contributed by atoms with E-state index in [1.807, 2.05) is 26.8 Å². The van der Waals surface area contributed by atoms with Gasteiger partial charge in [-0.1, -0.05) is 18.5 Å². The van der Waals surface area contributed by atoms with E-state index in [4.69, 9.17) is 26.2 Å². The van der Waals surface area contributed by atoms with Crippen LogP contribution in [-0.2, 0) is 4.79 Å². The third-order valence-electron chi connectivity index (χ3n) is 2.98. The van der Waals surface area contributed by atoms with Gasteiger partial charge in [-0.3, -0.25) is 4.79 Å². The van der Waals surface area contributed by atoms with Crippen molar-refractivity contribution in [2.45, 2.75) is 39.5 Å². The highest BCUT2D eigenvalue weighted by Gasteiger charge is 2.16. The van der Waals surface area contributed by atoms with Crippen LogP contribution in [0.2, 0.25) is 5.02 Å². The van der Waals surface area contributed by atoms with Crippen molar-refractivity contribution in [3.8, 4) is 11.5 Å². The fourth-order valence-corrected chi connectivity index (χ4v) is 2.30. The monoisotopic (exact) mass is 300 g/mol. The Morgan fingerprint density at radius 2 is 1.80 bits per heavy atom. The summed E-state index contributed by atoms with van der Waals surface area (Å²) in [5, 5.41) is 9.33. The van der Waals surface area contributed by atoms with Crippen LogP contribution in [0, 0.1) is 0 Å². The Hall–Kier alpha value is -1.42. The van der Waals surface area contributed by atoms with Crippen molar-refractivity contribution in [1.82, 2.24) is 0 Å². The summed E-state index contributed by atoms with van der Waals surface area (Å²) in [6.45, 7) is 6.82. The third-order valence-corrected chi connectivity index (χ3v) is 3.31. The van der Waals surface area contributed by atoms with Gasteiger partial charge < -0.3 is 14.6 Å². The molecule has 0 fully saturated rings. The first kappa shape index (κ1) is 16.6. The second kappa shape index (κ2) is 8.00. The van der Waals surface area contributed by atoms with E-state index in [-0.39, 0.29) is 12.3 Å². The van der Waals surface area contributed by atoms with Crippen LogP contribution in [0.3, 0.4) is 0 Å². The maximum absolute atomic E-state index is 10.7. The molecule has 1 unspecified atom stereocenters. The molecule has 0 spiro atoms. The van der Waals surface area contributed by atoms with Crippen molar-refractivity contribution in [3.63, 3.8) is 0 Å². The molecule has 0 heterocycles. The van der Waals surface area contributed by atoms with Gasteiger partial charge in [0.25, 0.3) is 0 Å². The van der Waals surface area contributed by atoms with E-state index in [0.29, 0.717) is 36.2 Å². The predicted molar refractivity (Wildman–Crippen MR) is 79.1 cm³/mol. The number of carboxylic acids is 1. The van der Waals surface area contributed by atoms with Crippen molar-refractivity contribution in [3.05, 3.63) is 22.7 Å². The van der Waals surface area contributed by atoms with Crippen LogP contribution < -0.4 is 9.47 Å². The minimum Gasteiger partial charge on any atom is -0.490 e. The van der Waals surface area contributed by atoms with Crippen LogP contribution in [0.25, 0.3) is 0 Å². The molecule has 20 heavy (non-hydrogen) atoms.